The van der Waals surface area contributed by atoms with Crippen molar-refractivity contribution in [3.8, 4) is 0 Å². The second-order valence-electron chi connectivity index (χ2n) is 5.21. The summed E-state index contributed by atoms with van der Waals surface area (Å²) in [4.78, 5) is 28.0. The number of rotatable bonds is 3. The SMILES string of the molecule is CC(c1cccs1)N(C)C(=O)N1CCC[C@H](C(=O)O)C1. The zero-order chi connectivity index (χ0) is 14.7. The summed E-state index contributed by atoms with van der Waals surface area (Å²) in [6.07, 6.45) is 1.41. The zero-order valence-electron chi connectivity index (χ0n) is 11.8. The predicted octanol–water partition coefficient (Wildman–Crippen LogP) is 2.66. The highest BCUT2D eigenvalue weighted by Crippen LogP contribution is 2.25. The summed E-state index contributed by atoms with van der Waals surface area (Å²) >= 11 is 1.62. The van der Waals surface area contributed by atoms with Crippen LogP contribution in [0.5, 0.6) is 0 Å². The molecule has 0 aromatic carbocycles. The summed E-state index contributed by atoms with van der Waals surface area (Å²) in [5, 5.41) is 11.1. The largest absolute Gasteiger partial charge is 0.481 e. The van der Waals surface area contributed by atoms with Gasteiger partial charge in [0.25, 0.3) is 0 Å². The highest BCUT2D eigenvalue weighted by molar-refractivity contribution is 7.10. The number of likely N-dealkylation sites (tertiary alicyclic amines) is 1. The second kappa shape index (κ2) is 6.26. The molecule has 1 aromatic heterocycles. The third-order valence-corrected chi connectivity index (χ3v) is 4.92. The Hall–Kier alpha value is -1.56. The maximum atomic E-state index is 12.5. The van der Waals surface area contributed by atoms with Gasteiger partial charge < -0.3 is 14.9 Å². The monoisotopic (exact) mass is 296 g/mol. The number of nitrogens with zero attached hydrogens (tertiary/aromatic N) is 2. The first-order valence-electron chi connectivity index (χ1n) is 6.78. The van der Waals surface area contributed by atoms with Crippen LogP contribution >= 0.6 is 11.3 Å². The van der Waals surface area contributed by atoms with Crippen LogP contribution in [-0.2, 0) is 4.79 Å². The number of carbonyl (C=O) groups is 2. The summed E-state index contributed by atoms with van der Waals surface area (Å²) in [5.74, 6) is -1.24. The number of piperidine rings is 1. The molecule has 0 saturated carbocycles. The van der Waals surface area contributed by atoms with Crippen LogP contribution in [0.4, 0.5) is 4.79 Å². The Morgan fingerprint density at radius 1 is 1.55 bits per heavy atom. The Kier molecular flexibility index (Phi) is 4.65. The Morgan fingerprint density at radius 2 is 2.30 bits per heavy atom. The number of urea groups is 1. The molecule has 1 aromatic rings. The van der Waals surface area contributed by atoms with E-state index in [0.717, 1.165) is 11.3 Å². The van der Waals surface area contributed by atoms with Gasteiger partial charge in [-0.15, -0.1) is 11.3 Å². The van der Waals surface area contributed by atoms with Crippen molar-refractivity contribution in [2.24, 2.45) is 5.92 Å². The maximum absolute atomic E-state index is 12.5. The van der Waals surface area contributed by atoms with E-state index in [1.165, 1.54) is 0 Å². The Labute approximate surface area is 122 Å². The van der Waals surface area contributed by atoms with E-state index < -0.39 is 11.9 Å². The molecule has 2 atom stereocenters. The van der Waals surface area contributed by atoms with E-state index in [9.17, 15) is 9.59 Å². The summed E-state index contributed by atoms with van der Waals surface area (Å²) in [5.41, 5.74) is 0. The van der Waals surface area contributed by atoms with Crippen LogP contribution in [0.3, 0.4) is 0 Å². The van der Waals surface area contributed by atoms with Gasteiger partial charge in [0.05, 0.1) is 12.0 Å². The third kappa shape index (κ3) is 3.12. The van der Waals surface area contributed by atoms with Gasteiger partial charge in [0.2, 0.25) is 0 Å². The lowest BCUT2D eigenvalue weighted by Gasteiger charge is -2.35. The average Bonchev–Trinajstić information content (AvgIpc) is 2.99. The highest BCUT2D eigenvalue weighted by Gasteiger charge is 2.31. The first-order valence-corrected chi connectivity index (χ1v) is 7.66. The topological polar surface area (TPSA) is 60.9 Å². The molecule has 1 unspecified atom stereocenters. The molecule has 0 bridgehead atoms. The third-order valence-electron chi connectivity index (χ3n) is 3.88. The number of amides is 2. The van der Waals surface area contributed by atoms with Crippen LogP contribution in [-0.4, -0.2) is 47.0 Å². The van der Waals surface area contributed by atoms with Crippen LogP contribution in [0, 0.1) is 5.92 Å². The number of carboxylic acids is 1. The summed E-state index contributed by atoms with van der Waals surface area (Å²) in [6, 6.07) is 3.90. The van der Waals surface area contributed by atoms with E-state index in [0.29, 0.717) is 19.5 Å². The molecule has 2 heterocycles. The van der Waals surface area contributed by atoms with Crippen LogP contribution in [0.2, 0.25) is 0 Å². The van der Waals surface area contributed by atoms with E-state index in [1.807, 2.05) is 24.4 Å². The molecular formula is C14H20N2O3S. The van der Waals surface area contributed by atoms with Gasteiger partial charge in [-0.2, -0.15) is 0 Å². The molecule has 2 amide bonds. The molecule has 5 nitrogen and oxygen atoms in total. The van der Waals surface area contributed by atoms with Crippen molar-refractivity contribution >= 4 is 23.3 Å². The van der Waals surface area contributed by atoms with Crippen molar-refractivity contribution < 1.29 is 14.7 Å². The van der Waals surface area contributed by atoms with E-state index in [4.69, 9.17) is 5.11 Å². The first kappa shape index (κ1) is 14.8. The maximum Gasteiger partial charge on any atom is 0.320 e. The minimum Gasteiger partial charge on any atom is -0.481 e. The normalized spacial score (nSPS) is 20.5. The highest BCUT2D eigenvalue weighted by atomic mass is 32.1. The zero-order valence-corrected chi connectivity index (χ0v) is 12.6. The molecule has 6 heteroatoms. The summed E-state index contributed by atoms with van der Waals surface area (Å²) in [6.45, 7) is 2.95. The molecule has 1 fully saturated rings. The molecular weight excluding hydrogens is 276 g/mol. The first-order chi connectivity index (χ1) is 9.50. The van der Waals surface area contributed by atoms with Crippen molar-refractivity contribution in [2.75, 3.05) is 20.1 Å². The molecule has 1 saturated heterocycles. The minimum atomic E-state index is -0.809. The summed E-state index contributed by atoms with van der Waals surface area (Å²) < 4.78 is 0. The predicted molar refractivity (Wildman–Crippen MR) is 77.8 cm³/mol. The molecule has 2 rings (SSSR count). The second-order valence-corrected chi connectivity index (χ2v) is 6.19. The smallest absolute Gasteiger partial charge is 0.320 e. The van der Waals surface area contributed by atoms with Gasteiger partial charge in [-0.25, -0.2) is 4.79 Å². The van der Waals surface area contributed by atoms with Crippen LogP contribution in [0.15, 0.2) is 17.5 Å². The van der Waals surface area contributed by atoms with Gasteiger partial charge >= 0.3 is 12.0 Å². The van der Waals surface area contributed by atoms with Crippen molar-refractivity contribution in [2.45, 2.75) is 25.8 Å². The minimum absolute atomic E-state index is 0.00713. The molecule has 0 spiro atoms. The number of thiophene rings is 1. The van der Waals surface area contributed by atoms with Gasteiger partial charge in [0.15, 0.2) is 0 Å². The van der Waals surface area contributed by atoms with E-state index in [2.05, 4.69) is 0 Å². The van der Waals surface area contributed by atoms with Crippen LogP contribution in [0.1, 0.15) is 30.7 Å². The Bertz CT molecular complexity index is 475. The fraction of sp³-hybridized carbons (Fsp3) is 0.571. The Balaban J connectivity index is 2.01. The lowest BCUT2D eigenvalue weighted by Crippen LogP contribution is -2.48. The van der Waals surface area contributed by atoms with Crippen molar-refractivity contribution in [1.29, 1.82) is 0 Å². The van der Waals surface area contributed by atoms with Crippen LogP contribution in [0.25, 0.3) is 0 Å². The van der Waals surface area contributed by atoms with Gasteiger partial charge in [-0.3, -0.25) is 4.79 Å². The lowest BCUT2D eigenvalue weighted by molar-refractivity contribution is -0.143. The molecule has 1 aliphatic heterocycles. The molecule has 1 aliphatic rings. The van der Waals surface area contributed by atoms with Gasteiger partial charge in [0, 0.05) is 25.0 Å². The number of aliphatic carboxylic acids is 1. The Morgan fingerprint density at radius 3 is 2.90 bits per heavy atom. The number of carbonyl (C=O) groups excluding carboxylic acids is 1. The van der Waals surface area contributed by atoms with Crippen molar-refractivity contribution in [3.63, 3.8) is 0 Å². The van der Waals surface area contributed by atoms with Crippen molar-refractivity contribution in [3.05, 3.63) is 22.4 Å². The van der Waals surface area contributed by atoms with Gasteiger partial charge in [-0.1, -0.05) is 6.07 Å². The molecule has 1 N–H and O–H groups in total. The number of carboxylic acid groups (broad SMARTS) is 1. The van der Waals surface area contributed by atoms with E-state index >= 15 is 0 Å². The van der Waals surface area contributed by atoms with Gasteiger partial charge in [0.1, 0.15) is 0 Å². The van der Waals surface area contributed by atoms with E-state index in [-0.39, 0.29) is 12.1 Å². The summed E-state index contributed by atoms with van der Waals surface area (Å²) in [7, 11) is 1.77. The van der Waals surface area contributed by atoms with Gasteiger partial charge in [-0.05, 0) is 31.2 Å². The average molecular weight is 296 g/mol. The van der Waals surface area contributed by atoms with Crippen molar-refractivity contribution in [1.82, 2.24) is 9.80 Å². The number of hydrogen-bond acceptors (Lipinski definition) is 3. The quantitative estimate of drug-likeness (QED) is 0.932. The van der Waals surface area contributed by atoms with Crippen LogP contribution < -0.4 is 0 Å². The van der Waals surface area contributed by atoms with E-state index in [1.54, 1.807) is 28.2 Å². The fourth-order valence-corrected chi connectivity index (χ4v) is 3.29. The molecule has 110 valence electrons. The molecule has 20 heavy (non-hydrogen) atoms. The number of hydrogen-bond donors (Lipinski definition) is 1. The lowest BCUT2D eigenvalue weighted by atomic mass is 9.98. The standard InChI is InChI=1S/C14H20N2O3S/c1-10(12-6-4-8-20-12)15(2)14(19)16-7-3-5-11(9-16)13(17)18/h4,6,8,10-11H,3,5,7,9H2,1-2H3,(H,17,18)/t10?,11-/m0/s1. The fourth-order valence-electron chi connectivity index (χ4n) is 2.46. The molecule has 0 radical (unpaired) electrons. The molecule has 0 aliphatic carbocycles.